The zero-order valence-electron chi connectivity index (χ0n) is 45.1. The van der Waals surface area contributed by atoms with Gasteiger partial charge in [0.15, 0.2) is 11.9 Å². The molecular weight excluding hydrogens is 1010 g/mol. The molecule has 0 spiro atoms. The number of aliphatic imine (C=N–C) groups is 2. The first-order chi connectivity index (χ1) is 36.1. The first-order valence-electron chi connectivity index (χ1n) is 26.2. The maximum Gasteiger partial charge on any atom is 0.303 e. The number of carboxylic acid groups (broad SMARTS) is 1. The van der Waals surface area contributed by atoms with E-state index in [-0.39, 0.29) is 95.4 Å². The highest BCUT2D eigenvalue weighted by Crippen LogP contribution is 2.23. The summed E-state index contributed by atoms with van der Waals surface area (Å²) >= 11 is 0. The second kappa shape index (κ2) is 30.4. The van der Waals surface area contributed by atoms with Crippen molar-refractivity contribution in [3.05, 3.63) is 0 Å². The zero-order valence-corrected chi connectivity index (χ0v) is 45.1. The van der Waals surface area contributed by atoms with Crippen LogP contribution in [-0.4, -0.2) is 190 Å². The molecule has 432 valence electrons. The molecule has 0 aromatic carbocycles. The molecule has 10 amide bonds. The van der Waals surface area contributed by atoms with Crippen LogP contribution in [0.5, 0.6) is 0 Å². The van der Waals surface area contributed by atoms with E-state index in [1.807, 2.05) is 0 Å². The number of carbonyl (C=O) groups is 11. The summed E-state index contributed by atoms with van der Waals surface area (Å²) in [5.41, 5.74) is 22.0. The molecule has 0 bridgehead atoms. The molecule has 0 saturated carbocycles. The third-order valence-corrected chi connectivity index (χ3v) is 13.2. The molecule has 29 heteroatoms. The topological polar surface area (TPSA) is 460 Å². The highest BCUT2D eigenvalue weighted by atomic mass is 16.4. The summed E-state index contributed by atoms with van der Waals surface area (Å²) in [5, 5.41) is 41.1. The van der Waals surface area contributed by atoms with Crippen molar-refractivity contribution < 1.29 is 63.0 Å². The van der Waals surface area contributed by atoms with Gasteiger partial charge < -0.3 is 85.5 Å². The molecule has 77 heavy (non-hydrogen) atoms. The number of aliphatic hydroxyl groups excluding tert-OH is 1. The van der Waals surface area contributed by atoms with Gasteiger partial charge in [0, 0.05) is 32.6 Å². The molecule has 0 unspecified atom stereocenters. The van der Waals surface area contributed by atoms with Crippen LogP contribution in [0.1, 0.15) is 119 Å². The Morgan fingerprint density at radius 2 is 0.922 bits per heavy atom. The normalized spacial score (nSPS) is 27.6. The number of fused-ring (bicyclic) bond motifs is 2. The van der Waals surface area contributed by atoms with E-state index in [1.165, 1.54) is 25.7 Å². The molecule has 3 aliphatic rings. The van der Waals surface area contributed by atoms with Crippen LogP contribution in [0.4, 0.5) is 0 Å². The lowest BCUT2D eigenvalue weighted by Gasteiger charge is -2.33. The number of hydrogen-bond donors (Lipinski definition) is 14. The summed E-state index contributed by atoms with van der Waals surface area (Å²) in [6.45, 7) is 10.8. The molecule has 0 aromatic heterocycles. The Balaban J connectivity index is 2.14. The number of nitrogens with two attached hydrogens (primary N) is 4. The summed E-state index contributed by atoms with van der Waals surface area (Å²) in [5.74, 6) is -10.9. The summed E-state index contributed by atoms with van der Waals surface area (Å²) in [6.07, 6.45) is -1.51. The smallest absolute Gasteiger partial charge is 0.303 e. The molecule has 0 radical (unpaired) electrons. The molecule has 3 aliphatic heterocycles. The number of nitrogens with zero attached hydrogens (tertiary/aromatic N) is 4. The Morgan fingerprint density at radius 3 is 1.36 bits per heavy atom. The van der Waals surface area contributed by atoms with E-state index in [0.29, 0.717) is 6.42 Å². The maximum atomic E-state index is 14.5. The Hall–Kier alpha value is -7.33. The van der Waals surface area contributed by atoms with E-state index < -0.39 is 150 Å². The largest absolute Gasteiger partial charge is 0.481 e. The fraction of sp³-hybridized carbons (Fsp3) is 0.729. The van der Waals surface area contributed by atoms with Crippen molar-refractivity contribution in [2.75, 3.05) is 26.2 Å². The molecule has 18 N–H and O–H groups in total. The van der Waals surface area contributed by atoms with Gasteiger partial charge in [0.05, 0.1) is 6.10 Å². The lowest BCUT2D eigenvalue weighted by Crippen LogP contribution is -2.62. The minimum absolute atomic E-state index is 0.00875. The second-order valence-corrected chi connectivity index (χ2v) is 20.5. The van der Waals surface area contributed by atoms with Gasteiger partial charge in [-0.1, -0.05) is 27.7 Å². The van der Waals surface area contributed by atoms with E-state index in [0.717, 1.165) is 4.90 Å². The van der Waals surface area contributed by atoms with Crippen molar-refractivity contribution in [2.45, 2.75) is 186 Å². The van der Waals surface area contributed by atoms with Gasteiger partial charge in [0.2, 0.25) is 59.1 Å². The van der Waals surface area contributed by atoms with Gasteiger partial charge in [-0.25, -0.2) is 0 Å². The highest BCUT2D eigenvalue weighted by molar-refractivity contribution is 6.00. The lowest BCUT2D eigenvalue weighted by atomic mass is 10.00. The molecule has 3 rings (SSSR count). The molecule has 0 aliphatic carbocycles. The van der Waals surface area contributed by atoms with E-state index in [9.17, 15) is 63.0 Å². The number of hydrogen-bond acceptors (Lipinski definition) is 14. The Labute approximate surface area is 447 Å². The number of carboxylic acids is 1. The second-order valence-electron chi connectivity index (χ2n) is 20.5. The van der Waals surface area contributed by atoms with Crippen molar-refractivity contribution in [1.29, 1.82) is 0 Å². The number of aliphatic hydroxyl groups is 1. The number of carbonyl (C=O) groups excluding carboxylic acids is 10. The number of aliphatic carboxylic acids is 1. The molecule has 0 aromatic rings. The van der Waals surface area contributed by atoms with E-state index in [2.05, 4.69) is 52.5 Å². The van der Waals surface area contributed by atoms with Gasteiger partial charge >= 0.3 is 5.97 Å². The van der Waals surface area contributed by atoms with Crippen LogP contribution in [0.25, 0.3) is 0 Å². The third kappa shape index (κ3) is 20.0. The van der Waals surface area contributed by atoms with Gasteiger partial charge in [-0.3, -0.25) is 62.7 Å². The molecule has 3 fully saturated rings. The fourth-order valence-electron chi connectivity index (χ4n) is 9.05. The average molecular weight is 1090 g/mol. The van der Waals surface area contributed by atoms with Crippen LogP contribution in [-0.2, 0) is 52.7 Å². The minimum atomic E-state index is -1.67. The Bertz CT molecular complexity index is 2200. The van der Waals surface area contributed by atoms with Crippen molar-refractivity contribution in [2.24, 2.45) is 44.8 Å². The van der Waals surface area contributed by atoms with Crippen LogP contribution in [0, 0.1) is 11.8 Å². The van der Waals surface area contributed by atoms with Crippen molar-refractivity contribution in [3.8, 4) is 0 Å². The van der Waals surface area contributed by atoms with E-state index >= 15 is 0 Å². The molecule has 11 atom stereocenters. The summed E-state index contributed by atoms with van der Waals surface area (Å²) in [4.78, 5) is 163. The first kappa shape index (κ1) is 64.0. The van der Waals surface area contributed by atoms with Gasteiger partial charge in [-0.05, 0) is 96.8 Å². The average Bonchev–Trinajstić information content (AvgIpc) is 4.05. The fourth-order valence-corrected chi connectivity index (χ4v) is 9.05. The Kier molecular flexibility index (Phi) is 25.3. The number of nitrogens with one attached hydrogen (secondary N) is 8. The van der Waals surface area contributed by atoms with E-state index in [4.69, 9.17) is 22.9 Å². The monoisotopic (exact) mass is 1090 g/mol. The third-order valence-electron chi connectivity index (χ3n) is 13.2. The quantitative estimate of drug-likeness (QED) is 0.0415. The molecule has 3 heterocycles. The maximum absolute atomic E-state index is 14.5. The minimum Gasteiger partial charge on any atom is -0.481 e. The van der Waals surface area contributed by atoms with Crippen LogP contribution < -0.4 is 65.5 Å². The number of amides is 10. The first-order valence-corrected chi connectivity index (χ1v) is 26.2. The molecule has 29 nitrogen and oxygen atoms in total. The van der Waals surface area contributed by atoms with Crippen LogP contribution in [0.3, 0.4) is 0 Å². The number of rotatable bonds is 15. The zero-order chi connectivity index (χ0) is 57.8. The van der Waals surface area contributed by atoms with Gasteiger partial charge in [-0.15, -0.1) is 0 Å². The SMILES string of the molecule is CC(C)C[C@H]1NC(=O)[C@H](CCCN=C(N)N)NC(=O)[C@H]2CCCN2C(=O)[C@@H](C(C)C)NC(=O)[C@H](CCCN=C(N)N)NC(=O)[C@H](C)NC(=O)[C@H](C)NC(=O)[C@H](CCC(=O)O)NC(=O)[C@@H]2CCCN2C(=O)[C@@H]([C@@H](C)O)NC1=O. The van der Waals surface area contributed by atoms with Crippen LogP contribution in [0.2, 0.25) is 0 Å². The standard InChI is InChI=1S/C48H82N16O13/c1-23(2)22-31-42(73)62-36(27(7)65)46(77)64-21-11-15-33(64)44(75)59-30(16-17-34(66)67)39(70)56-25(5)37(68)55-26(6)38(69)57-29(13-9-19-54-48(51)52)41(72)61-35(24(3)4)45(76)63-20-10-14-32(63)43(74)58-28(40(71)60-31)12-8-18-53-47(49)50/h23-33,35-36,65H,8-22H2,1-7H3,(H,55,68)(H,56,70)(H,57,69)(H,58,74)(H,59,75)(H,60,71)(H,61,72)(H,62,73)(H,66,67)(H4,49,50,53)(H4,51,52,54)/t25-,26-,27+,28-,29-,30-,31+,32+,33-,35+,36+/m0/s1. The van der Waals surface area contributed by atoms with Crippen molar-refractivity contribution >= 4 is 77.0 Å². The van der Waals surface area contributed by atoms with Crippen molar-refractivity contribution in [3.63, 3.8) is 0 Å². The number of guanidine groups is 2. The van der Waals surface area contributed by atoms with Crippen LogP contribution in [0.15, 0.2) is 9.98 Å². The Morgan fingerprint density at radius 1 is 0.545 bits per heavy atom. The van der Waals surface area contributed by atoms with Gasteiger partial charge in [0.1, 0.15) is 60.4 Å². The lowest BCUT2D eigenvalue weighted by molar-refractivity contribution is -0.145. The predicted octanol–water partition coefficient (Wildman–Crippen LogP) is -5.04. The predicted molar refractivity (Wildman–Crippen MR) is 279 cm³/mol. The molecule has 3 saturated heterocycles. The highest BCUT2D eigenvalue weighted by Gasteiger charge is 2.43. The molecular formula is C48H82N16O13. The van der Waals surface area contributed by atoms with Crippen LogP contribution >= 0.6 is 0 Å². The summed E-state index contributed by atoms with van der Waals surface area (Å²) in [7, 11) is 0. The van der Waals surface area contributed by atoms with E-state index in [1.54, 1.807) is 27.7 Å². The summed E-state index contributed by atoms with van der Waals surface area (Å²) < 4.78 is 0. The summed E-state index contributed by atoms with van der Waals surface area (Å²) in [6, 6.07) is -13.6. The van der Waals surface area contributed by atoms with Crippen molar-refractivity contribution in [1.82, 2.24) is 52.3 Å². The van der Waals surface area contributed by atoms with Gasteiger partial charge in [0.25, 0.3) is 0 Å². The van der Waals surface area contributed by atoms with Gasteiger partial charge in [-0.2, -0.15) is 0 Å².